The Bertz CT molecular complexity index is 946. The average Bonchev–Trinajstić information content (AvgIpc) is 2.83. The van der Waals surface area contributed by atoms with Crippen LogP contribution in [-0.4, -0.2) is 33.2 Å². The third kappa shape index (κ3) is 3.56. The van der Waals surface area contributed by atoms with Crippen molar-refractivity contribution >= 4 is 27.2 Å². The lowest BCUT2D eigenvalue weighted by Crippen LogP contribution is -2.30. The molecule has 2 aromatic carbocycles. The summed E-state index contributed by atoms with van der Waals surface area (Å²) in [7, 11) is -2.32. The lowest BCUT2D eigenvalue weighted by atomic mass is 9.96. The fourth-order valence-corrected chi connectivity index (χ4v) is 3.91. The van der Waals surface area contributed by atoms with Crippen molar-refractivity contribution in [3.05, 3.63) is 53.1 Å². The normalized spacial score (nSPS) is 16.0. The number of aryl methyl sites for hydroxylation is 1. The second-order valence-corrected chi connectivity index (χ2v) is 9.26. The Hall–Kier alpha value is -2.27. The molecule has 132 valence electrons. The topological polar surface area (TPSA) is 49.4 Å². The molecule has 1 aliphatic heterocycles. The van der Waals surface area contributed by atoms with Gasteiger partial charge in [0.05, 0.1) is 0 Å². The molecule has 1 heterocycles. The van der Waals surface area contributed by atoms with E-state index in [1.165, 1.54) is 0 Å². The van der Waals surface area contributed by atoms with Gasteiger partial charge < -0.3 is 9.62 Å². The minimum absolute atomic E-state index is 0.118. The summed E-state index contributed by atoms with van der Waals surface area (Å²) in [5.74, 6) is 3.75. The number of benzene rings is 2. The first-order valence-electron chi connectivity index (χ1n) is 8.30. The molecule has 1 atom stereocenters. The number of carbonyl (C=O) groups is 1. The molecule has 0 aromatic heterocycles. The van der Waals surface area contributed by atoms with Crippen molar-refractivity contribution in [1.29, 1.82) is 0 Å². The molecule has 5 heteroatoms. The van der Waals surface area contributed by atoms with Gasteiger partial charge in [0.1, 0.15) is 0 Å². The highest BCUT2D eigenvalue weighted by Crippen LogP contribution is 2.33. The smallest absolute Gasteiger partial charge is 0.255 e. The second kappa shape index (κ2) is 6.23. The largest absolute Gasteiger partial charge is 0.332 e. The zero-order valence-electron chi connectivity index (χ0n) is 15.1. The molecule has 1 N–H and O–H groups in total. The van der Waals surface area contributed by atoms with Crippen molar-refractivity contribution in [2.45, 2.75) is 33.4 Å². The van der Waals surface area contributed by atoms with Crippen LogP contribution in [0.1, 0.15) is 35.3 Å². The standard InChI is InChI=1S/C20H24N2O2S/c1-13(2)22-12-17-10-16(9-14(3)19(17)20(22)23)15-7-6-8-18(11-15)21-25(4,5)24/h6-11,13H,4,12H2,1-3,5H3,(H,21,24). The number of fused-ring (bicyclic) bond motifs is 1. The van der Waals surface area contributed by atoms with E-state index in [1.54, 1.807) is 6.26 Å². The zero-order valence-corrected chi connectivity index (χ0v) is 15.9. The van der Waals surface area contributed by atoms with Crippen LogP contribution in [0.15, 0.2) is 36.4 Å². The van der Waals surface area contributed by atoms with E-state index < -0.39 is 9.71 Å². The Labute approximate surface area is 150 Å². The van der Waals surface area contributed by atoms with Gasteiger partial charge in [0.2, 0.25) is 0 Å². The molecule has 1 aliphatic rings. The van der Waals surface area contributed by atoms with Crippen LogP contribution in [0.25, 0.3) is 11.1 Å². The average molecular weight is 356 g/mol. The molecule has 0 aliphatic carbocycles. The number of anilines is 1. The van der Waals surface area contributed by atoms with Gasteiger partial charge in [0, 0.05) is 39.8 Å². The second-order valence-electron chi connectivity index (χ2n) is 7.04. The number of carbonyl (C=O) groups excluding carboxylic acids is 1. The quantitative estimate of drug-likeness (QED) is 0.849. The fourth-order valence-electron chi connectivity index (χ4n) is 3.29. The molecule has 25 heavy (non-hydrogen) atoms. The van der Waals surface area contributed by atoms with Gasteiger partial charge in [-0.25, -0.2) is 4.21 Å². The van der Waals surface area contributed by atoms with Crippen LogP contribution in [0.2, 0.25) is 0 Å². The van der Waals surface area contributed by atoms with E-state index in [-0.39, 0.29) is 11.9 Å². The maximum atomic E-state index is 12.6. The van der Waals surface area contributed by atoms with E-state index >= 15 is 0 Å². The van der Waals surface area contributed by atoms with Crippen molar-refractivity contribution < 1.29 is 9.00 Å². The van der Waals surface area contributed by atoms with E-state index in [0.29, 0.717) is 6.54 Å². The summed E-state index contributed by atoms with van der Waals surface area (Å²) in [4.78, 5) is 14.5. The molecule has 3 rings (SSSR count). The molecule has 0 spiro atoms. The summed E-state index contributed by atoms with van der Waals surface area (Å²) in [6.45, 7) is 6.72. The molecule has 1 unspecified atom stereocenters. The Morgan fingerprint density at radius 1 is 1.20 bits per heavy atom. The Morgan fingerprint density at radius 2 is 1.92 bits per heavy atom. The van der Waals surface area contributed by atoms with Crippen molar-refractivity contribution in [3.63, 3.8) is 0 Å². The summed E-state index contributed by atoms with van der Waals surface area (Å²) in [5, 5.41) is 0. The molecule has 0 fully saturated rings. The first kappa shape index (κ1) is 17.5. The van der Waals surface area contributed by atoms with E-state index in [4.69, 9.17) is 0 Å². The van der Waals surface area contributed by atoms with Crippen molar-refractivity contribution in [3.8, 4) is 11.1 Å². The summed E-state index contributed by atoms with van der Waals surface area (Å²) < 4.78 is 14.8. The first-order valence-corrected chi connectivity index (χ1v) is 10.4. The highest BCUT2D eigenvalue weighted by molar-refractivity contribution is 8.00. The highest BCUT2D eigenvalue weighted by Gasteiger charge is 2.30. The van der Waals surface area contributed by atoms with Crippen LogP contribution in [0.4, 0.5) is 5.69 Å². The van der Waals surface area contributed by atoms with Gasteiger partial charge in [-0.15, -0.1) is 0 Å². The van der Waals surface area contributed by atoms with Crippen LogP contribution in [0, 0.1) is 6.92 Å². The van der Waals surface area contributed by atoms with Crippen LogP contribution in [0.5, 0.6) is 0 Å². The monoisotopic (exact) mass is 356 g/mol. The number of amides is 1. The minimum Gasteiger partial charge on any atom is -0.332 e. The molecule has 0 bridgehead atoms. The SMILES string of the molecule is C=S(C)(=O)Nc1cccc(-c2cc(C)c3c(c2)CN(C(C)C)C3=O)c1. The van der Waals surface area contributed by atoms with Crippen LogP contribution >= 0.6 is 0 Å². The first-order chi connectivity index (χ1) is 11.7. The summed E-state index contributed by atoms with van der Waals surface area (Å²) in [6, 6.07) is 12.1. The number of nitrogens with zero attached hydrogens (tertiary/aromatic N) is 1. The number of nitrogens with one attached hydrogen (secondary N) is 1. The molecule has 2 aromatic rings. The molecular weight excluding hydrogens is 332 g/mol. The van der Waals surface area contributed by atoms with E-state index in [2.05, 4.69) is 16.7 Å². The van der Waals surface area contributed by atoms with E-state index in [1.807, 2.05) is 56.0 Å². The van der Waals surface area contributed by atoms with E-state index in [0.717, 1.165) is 33.5 Å². The van der Waals surface area contributed by atoms with Gasteiger partial charge in [-0.2, -0.15) is 0 Å². The Balaban J connectivity index is 2.02. The summed E-state index contributed by atoms with van der Waals surface area (Å²) in [6.07, 6.45) is 1.57. The zero-order chi connectivity index (χ0) is 18.4. The van der Waals surface area contributed by atoms with Gasteiger partial charge in [-0.1, -0.05) is 18.2 Å². The molecule has 0 saturated heterocycles. The number of hydrogen-bond acceptors (Lipinski definition) is 2. The predicted molar refractivity (Wildman–Crippen MR) is 106 cm³/mol. The third-order valence-electron chi connectivity index (χ3n) is 4.39. The van der Waals surface area contributed by atoms with Gasteiger partial charge >= 0.3 is 0 Å². The molecular formula is C20H24N2O2S. The lowest BCUT2D eigenvalue weighted by Gasteiger charge is -2.19. The maximum Gasteiger partial charge on any atom is 0.255 e. The maximum absolute atomic E-state index is 12.6. The third-order valence-corrected chi connectivity index (χ3v) is 5.05. The Kier molecular flexibility index (Phi) is 4.37. The van der Waals surface area contributed by atoms with Crippen molar-refractivity contribution in [2.75, 3.05) is 11.0 Å². The number of rotatable bonds is 4. The Morgan fingerprint density at radius 3 is 2.56 bits per heavy atom. The molecule has 1 amide bonds. The van der Waals surface area contributed by atoms with Gasteiger partial charge in [-0.3, -0.25) is 4.79 Å². The van der Waals surface area contributed by atoms with Crippen molar-refractivity contribution in [1.82, 2.24) is 4.90 Å². The fraction of sp³-hybridized carbons (Fsp3) is 0.300. The molecule has 0 radical (unpaired) electrons. The lowest BCUT2D eigenvalue weighted by molar-refractivity contribution is 0.0730. The van der Waals surface area contributed by atoms with Crippen LogP contribution in [0.3, 0.4) is 0 Å². The van der Waals surface area contributed by atoms with Gasteiger partial charge in [0.15, 0.2) is 0 Å². The molecule has 4 nitrogen and oxygen atoms in total. The van der Waals surface area contributed by atoms with E-state index in [9.17, 15) is 9.00 Å². The molecule has 0 saturated carbocycles. The summed E-state index contributed by atoms with van der Waals surface area (Å²) >= 11 is 0. The van der Waals surface area contributed by atoms with Crippen LogP contribution in [-0.2, 0) is 16.3 Å². The van der Waals surface area contributed by atoms with Crippen molar-refractivity contribution in [2.24, 2.45) is 0 Å². The highest BCUT2D eigenvalue weighted by atomic mass is 32.2. The summed E-state index contributed by atoms with van der Waals surface area (Å²) in [5.41, 5.74) is 5.76. The van der Waals surface area contributed by atoms with Gasteiger partial charge in [-0.05, 0) is 67.1 Å². The van der Waals surface area contributed by atoms with Crippen LogP contribution < -0.4 is 4.72 Å². The minimum atomic E-state index is -2.32. The van der Waals surface area contributed by atoms with Gasteiger partial charge in [0.25, 0.3) is 5.91 Å². The predicted octanol–water partition coefficient (Wildman–Crippen LogP) is 3.70. The number of hydrogen-bond donors (Lipinski definition) is 1.